The molecule has 0 N–H and O–H groups in total. The molecule has 1 aliphatic heterocycles. The van der Waals surface area contributed by atoms with Gasteiger partial charge < -0.3 is 4.90 Å². The van der Waals surface area contributed by atoms with Gasteiger partial charge in [-0.05, 0) is 11.6 Å². The molecule has 0 atom stereocenters. The maximum absolute atomic E-state index is 11.2. The summed E-state index contributed by atoms with van der Waals surface area (Å²) < 4.78 is 22.4. The van der Waals surface area contributed by atoms with Crippen molar-refractivity contribution in [3.63, 3.8) is 0 Å². The van der Waals surface area contributed by atoms with E-state index in [1.54, 1.807) is 0 Å². The van der Waals surface area contributed by atoms with Crippen molar-refractivity contribution in [2.75, 3.05) is 29.5 Å². The minimum Gasteiger partial charge on any atom is -0.353 e. The van der Waals surface area contributed by atoms with E-state index in [4.69, 9.17) is 11.6 Å². The zero-order valence-corrected chi connectivity index (χ0v) is 9.37. The molecule has 2 rings (SSSR count). The van der Waals surface area contributed by atoms with Gasteiger partial charge in [-0.25, -0.2) is 8.42 Å². The van der Waals surface area contributed by atoms with Crippen LogP contribution >= 0.6 is 11.6 Å². The first-order valence-electron chi connectivity index (χ1n) is 4.37. The maximum atomic E-state index is 11.2. The van der Waals surface area contributed by atoms with Gasteiger partial charge in [-0.15, -0.1) is 5.10 Å². The fourth-order valence-electron chi connectivity index (χ4n) is 1.37. The molecule has 0 saturated carbocycles. The zero-order valence-electron chi connectivity index (χ0n) is 7.80. The van der Waals surface area contributed by atoms with Gasteiger partial charge in [-0.2, -0.15) is 10.1 Å². The number of nitrogens with zero attached hydrogens (tertiary/aromatic N) is 4. The lowest BCUT2D eigenvalue weighted by Crippen LogP contribution is -2.40. The molecular formula is C7H9ClN4O2S. The third-order valence-corrected chi connectivity index (χ3v) is 3.96. The summed E-state index contributed by atoms with van der Waals surface area (Å²) in [6, 6.07) is 0. The molecule has 0 spiro atoms. The van der Waals surface area contributed by atoms with Gasteiger partial charge in [-0.3, -0.25) is 0 Å². The van der Waals surface area contributed by atoms with Crippen molar-refractivity contribution in [3.8, 4) is 0 Å². The van der Waals surface area contributed by atoms with Gasteiger partial charge in [0.1, 0.15) is 0 Å². The Labute approximate surface area is 92.2 Å². The van der Waals surface area contributed by atoms with Crippen molar-refractivity contribution in [1.82, 2.24) is 15.2 Å². The molecule has 1 aromatic heterocycles. The summed E-state index contributed by atoms with van der Waals surface area (Å²) in [4.78, 5) is 5.80. The minimum absolute atomic E-state index is 0.0703. The minimum atomic E-state index is -2.87. The molecule has 15 heavy (non-hydrogen) atoms. The monoisotopic (exact) mass is 248 g/mol. The number of hydrogen-bond acceptors (Lipinski definition) is 6. The molecule has 6 nitrogen and oxygen atoms in total. The van der Waals surface area contributed by atoms with Crippen LogP contribution in [0.25, 0.3) is 0 Å². The van der Waals surface area contributed by atoms with Gasteiger partial charge in [0.15, 0.2) is 15.7 Å². The first-order valence-corrected chi connectivity index (χ1v) is 6.57. The standard InChI is InChI=1S/C7H9ClN4O2S/c8-7-10-6(5-9-11-7)12-1-3-15(13,14)4-2-12/h5H,1-4H2. The van der Waals surface area contributed by atoms with E-state index < -0.39 is 9.84 Å². The van der Waals surface area contributed by atoms with E-state index in [9.17, 15) is 8.42 Å². The van der Waals surface area contributed by atoms with Gasteiger partial charge in [0.25, 0.3) is 0 Å². The average Bonchev–Trinajstić information content (AvgIpc) is 2.17. The lowest BCUT2D eigenvalue weighted by Gasteiger charge is -2.26. The smallest absolute Gasteiger partial charge is 0.244 e. The molecule has 0 unspecified atom stereocenters. The Morgan fingerprint density at radius 2 is 2.00 bits per heavy atom. The van der Waals surface area contributed by atoms with Gasteiger partial charge >= 0.3 is 0 Å². The molecule has 1 aromatic rings. The van der Waals surface area contributed by atoms with Crippen LogP contribution in [0.2, 0.25) is 5.28 Å². The van der Waals surface area contributed by atoms with Gasteiger partial charge in [0.05, 0.1) is 17.7 Å². The largest absolute Gasteiger partial charge is 0.353 e. The maximum Gasteiger partial charge on any atom is 0.244 e. The molecule has 1 fully saturated rings. The fourth-order valence-corrected chi connectivity index (χ4v) is 2.70. The highest BCUT2D eigenvalue weighted by atomic mass is 35.5. The number of aromatic nitrogens is 3. The molecule has 0 aromatic carbocycles. The second-order valence-electron chi connectivity index (χ2n) is 3.22. The van der Waals surface area contributed by atoms with E-state index in [0.29, 0.717) is 18.9 Å². The van der Waals surface area contributed by atoms with E-state index in [-0.39, 0.29) is 16.8 Å². The topological polar surface area (TPSA) is 76.1 Å². The first-order chi connectivity index (χ1) is 7.07. The Kier molecular flexibility index (Phi) is 2.74. The van der Waals surface area contributed by atoms with Crippen LogP contribution in [0.15, 0.2) is 6.20 Å². The molecule has 0 bridgehead atoms. The van der Waals surface area contributed by atoms with Gasteiger partial charge in [0.2, 0.25) is 5.28 Å². The number of rotatable bonds is 1. The lowest BCUT2D eigenvalue weighted by molar-refractivity contribution is 0.586. The summed E-state index contributed by atoms with van der Waals surface area (Å²) in [5.41, 5.74) is 0. The average molecular weight is 249 g/mol. The highest BCUT2D eigenvalue weighted by molar-refractivity contribution is 7.91. The summed E-state index contributed by atoms with van der Waals surface area (Å²) in [6.45, 7) is 0.856. The van der Waals surface area contributed by atoms with E-state index in [2.05, 4.69) is 15.2 Å². The zero-order chi connectivity index (χ0) is 10.9. The van der Waals surface area contributed by atoms with Crippen molar-refractivity contribution >= 4 is 27.3 Å². The summed E-state index contributed by atoms with van der Waals surface area (Å²) in [7, 11) is -2.87. The lowest BCUT2D eigenvalue weighted by atomic mass is 10.5. The Morgan fingerprint density at radius 3 is 2.60 bits per heavy atom. The third-order valence-electron chi connectivity index (χ3n) is 2.19. The van der Waals surface area contributed by atoms with Crippen LogP contribution in [-0.2, 0) is 9.84 Å². The normalized spacial score (nSPS) is 20.2. The summed E-state index contributed by atoms with van der Waals surface area (Å²) in [6.07, 6.45) is 1.48. The van der Waals surface area contributed by atoms with Crippen LogP contribution in [0.3, 0.4) is 0 Å². The van der Waals surface area contributed by atoms with E-state index in [1.807, 2.05) is 4.90 Å². The number of hydrogen-bond donors (Lipinski definition) is 0. The molecule has 1 saturated heterocycles. The van der Waals surface area contributed by atoms with Gasteiger partial charge in [-0.1, -0.05) is 0 Å². The Morgan fingerprint density at radius 1 is 1.33 bits per heavy atom. The quantitative estimate of drug-likeness (QED) is 0.683. The number of halogens is 1. The molecule has 1 aliphatic rings. The Hall–Kier alpha value is -0.950. The second-order valence-corrected chi connectivity index (χ2v) is 5.86. The van der Waals surface area contributed by atoms with Crippen LogP contribution in [0.4, 0.5) is 5.82 Å². The molecule has 0 amide bonds. The van der Waals surface area contributed by atoms with Gasteiger partial charge in [0, 0.05) is 13.1 Å². The van der Waals surface area contributed by atoms with Crippen molar-refractivity contribution in [1.29, 1.82) is 0 Å². The Bertz CT molecular complexity index is 450. The Balaban J connectivity index is 2.14. The summed E-state index contributed by atoms with van der Waals surface area (Å²) in [5.74, 6) is 0.869. The van der Waals surface area contributed by atoms with Crippen molar-refractivity contribution < 1.29 is 8.42 Å². The summed E-state index contributed by atoms with van der Waals surface area (Å²) >= 11 is 5.59. The number of anilines is 1. The predicted octanol–water partition coefficient (Wildman–Crippen LogP) is -0.240. The molecule has 2 heterocycles. The predicted molar refractivity (Wildman–Crippen MR) is 55.7 cm³/mol. The SMILES string of the molecule is O=S1(=O)CCN(c2cnnc(Cl)n2)CC1. The molecule has 82 valence electrons. The van der Waals surface area contributed by atoms with E-state index in [1.165, 1.54) is 6.20 Å². The first kappa shape index (κ1) is 10.6. The van der Waals surface area contributed by atoms with Crippen LogP contribution in [0, 0.1) is 0 Å². The molecule has 0 aliphatic carbocycles. The fraction of sp³-hybridized carbons (Fsp3) is 0.571. The number of sulfone groups is 1. The van der Waals surface area contributed by atoms with Crippen LogP contribution in [-0.4, -0.2) is 48.2 Å². The highest BCUT2D eigenvalue weighted by Crippen LogP contribution is 2.14. The van der Waals surface area contributed by atoms with Crippen molar-refractivity contribution in [2.24, 2.45) is 0 Å². The van der Waals surface area contributed by atoms with E-state index in [0.717, 1.165) is 0 Å². The van der Waals surface area contributed by atoms with E-state index >= 15 is 0 Å². The van der Waals surface area contributed by atoms with Crippen LogP contribution in [0.1, 0.15) is 0 Å². The van der Waals surface area contributed by atoms with Crippen LogP contribution < -0.4 is 4.90 Å². The third kappa shape index (κ3) is 2.54. The second kappa shape index (κ2) is 3.90. The van der Waals surface area contributed by atoms with Crippen molar-refractivity contribution in [2.45, 2.75) is 0 Å². The molecule has 0 radical (unpaired) electrons. The molecule has 8 heteroatoms. The molecular weight excluding hydrogens is 240 g/mol. The highest BCUT2D eigenvalue weighted by Gasteiger charge is 2.22. The van der Waals surface area contributed by atoms with Crippen LogP contribution in [0.5, 0.6) is 0 Å². The van der Waals surface area contributed by atoms with Crippen molar-refractivity contribution in [3.05, 3.63) is 11.5 Å². The summed E-state index contributed by atoms with van der Waals surface area (Å²) in [5, 5.41) is 7.25.